The summed E-state index contributed by atoms with van der Waals surface area (Å²) in [5, 5.41) is 0.641. The number of benzene rings is 1. The number of methoxy groups -OCH3 is 1. The summed E-state index contributed by atoms with van der Waals surface area (Å²) >= 11 is 6.43. The molecule has 2 aliphatic rings. The molecule has 3 heterocycles. The van der Waals surface area contributed by atoms with Crippen molar-refractivity contribution in [2.75, 3.05) is 7.11 Å². The van der Waals surface area contributed by atoms with Crippen LogP contribution in [0.2, 0.25) is 5.02 Å². The van der Waals surface area contributed by atoms with E-state index in [-0.39, 0.29) is 18.4 Å². The molecule has 1 fully saturated rings. The number of aryl methyl sites for hydroxylation is 1. The fraction of sp³-hybridized carbons (Fsp3) is 0.333. The summed E-state index contributed by atoms with van der Waals surface area (Å²) in [4.78, 5) is 26.6. The lowest BCUT2D eigenvalue weighted by molar-refractivity contribution is -0.140. The Morgan fingerprint density at radius 2 is 2.10 bits per heavy atom. The van der Waals surface area contributed by atoms with E-state index in [1.165, 1.54) is 12.8 Å². The van der Waals surface area contributed by atoms with E-state index in [0.29, 0.717) is 17.4 Å². The maximum absolute atomic E-state index is 11.9. The van der Waals surface area contributed by atoms with E-state index in [2.05, 4.69) is 16.5 Å². The Hall–Kier alpha value is -2.99. The third-order valence-corrected chi connectivity index (χ3v) is 6.12. The Morgan fingerprint density at radius 1 is 1.26 bits per heavy atom. The van der Waals surface area contributed by atoms with Gasteiger partial charge in [0.15, 0.2) is 0 Å². The van der Waals surface area contributed by atoms with Gasteiger partial charge in [0, 0.05) is 34.8 Å². The fourth-order valence-electron chi connectivity index (χ4n) is 4.31. The minimum Gasteiger partial charge on any atom is -0.469 e. The maximum Gasteiger partial charge on any atom is 0.305 e. The van der Waals surface area contributed by atoms with Gasteiger partial charge in [-0.2, -0.15) is 0 Å². The van der Waals surface area contributed by atoms with Gasteiger partial charge in [-0.15, -0.1) is 0 Å². The Labute approximate surface area is 186 Å². The van der Waals surface area contributed by atoms with Crippen molar-refractivity contribution < 1.29 is 9.53 Å². The van der Waals surface area contributed by atoms with Gasteiger partial charge in [0.25, 0.3) is 0 Å². The zero-order chi connectivity index (χ0) is 21.5. The molecule has 0 amide bonds. The minimum absolute atomic E-state index is 0.253. The van der Waals surface area contributed by atoms with Crippen LogP contribution in [0.15, 0.2) is 47.6 Å². The molecule has 7 heteroatoms. The Kier molecular flexibility index (Phi) is 5.10. The molecule has 5 rings (SSSR count). The molecule has 0 spiro atoms. The molecule has 6 nitrogen and oxygen atoms in total. The number of fused-ring (bicyclic) bond motifs is 3. The lowest BCUT2D eigenvalue weighted by Gasteiger charge is -2.15. The molecule has 1 saturated carbocycles. The lowest BCUT2D eigenvalue weighted by Crippen LogP contribution is -2.10. The SMILES string of the molecule is COC(=O)CCC1N=C(c2ccccn2)c2cc(Cl)ccc2-n2c1nc(C)c2C1CC1. The van der Waals surface area contributed by atoms with Crippen molar-refractivity contribution >= 4 is 23.3 Å². The summed E-state index contributed by atoms with van der Waals surface area (Å²) < 4.78 is 7.13. The Balaban J connectivity index is 1.75. The highest BCUT2D eigenvalue weighted by Crippen LogP contribution is 2.45. The fourth-order valence-corrected chi connectivity index (χ4v) is 4.48. The summed E-state index contributed by atoms with van der Waals surface area (Å²) in [6.45, 7) is 2.06. The zero-order valence-electron chi connectivity index (χ0n) is 17.5. The second kappa shape index (κ2) is 7.93. The van der Waals surface area contributed by atoms with Crippen LogP contribution in [0.1, 0.15) is 66.1 Å². The summed E-state index contributed by atoms with van der Waals surface area (Å²) in [5.41, 5.74) is 5.72. The van der Waals surface area contributed by atoms with E-state index >= 15 is 0 Å². The monoisotopic (exact) mass is 434 g/mol. The first-order valence-corrected chi connectivity index (χ1v) is 10.9. The van der Waals surface area contributed by atoms with E-state index in [9.17, 15) is 4.79 Å². The van der Waals surface area contributed by atoms with Gasteiger partial charge in [-0.25, -0.2) is 4.98 Å². The van der Waals surface area contributed by atoms with Crippen LogP contribution >= 0.6 is 11.6 Å². The van der Waals surface area contributed by atoms with E-state index in [0.717, 1.165) is 47.0 Å². The predicted octanol–water partition coefficient (Wildman–Crippen LogP) is 4.95. The van der Waals surface area contributed by atoms with Crippen molar-refractivity contribution in [3.63, 3.8) is 0 Å². The molecule has 1 aliphatic heterocycles. The third-order valence-electron chi connectivity index (χ3n) is 5.88. The number of aromatic nitrogens is 3. The average molecular weight is 435 g/mol. The van der Waals surface area contributed by atoms with E-state index in [1.807, 2.05) is 36.4 Å². The van der Waals surface area contributed by atoms with E-state index in [1.54, 1.807) is 6.20 Å². The number of carbonyl (C=O) groups is 1. The van der Waals surface area contributed by atoms with Gasteiger partial charge in [-0.05, 0) is 56.5 Å². The first-order chi connectivity index (χ1) is 15.1. The number of pyridine rings is 1. The van der Waals surface area contributed by atoms with Gasteiger partial charge >= 0.3 is 5.97 Å². The van der Waals surface area contributed by atoms with Crippen molar-refractivity contribution in [1.82, 2.24) is 14.5 Å². The van der Waals surface area contributed by atoms with Crippen LogP contribution in [0.5, 0.6) is 0 Å². The average Bonchev–Trinajstić information content (AvgIpc) is 3.57. The molecular formula is C24H23ClN4O2. The topological polar surface area (TPSA) is 69.4 Å². The molecule has 0 N–H and O–H groups in total. The zero-order valence-corrected chi connectivity index (χ0v) is 18.3. The number of nitrogens with zero attached hydrogens (tertiary/aromatic N) is 4. The second-order valence-electron chi connectivity index (χ2n) is 8.04. The number of imidazole rings is 1. The van der Waals surface area contributed by atoms with Crippen LogP contribution in [-0.4, -0.2) is 33.3 Å². The largest absolute Gasteiger partial charge is 0.469 e. The second-order valence-corrected chi connectivity index (χ2v) is 8.47. The Bertz CT molecular complexity index is 1180. The summed E-state index contributed by atoms with van der Waals surface area (Å²) in [6.07, 6.45) is 4.85. The van der Waals surface area contributed by atoms with Gasteiger partial charge < -0.3 is 4.74 Å². The van der Waals surface area contributed by atoms with Crippen molar-refractivity contribution in [1.29, 1.82) is 0 Å². The minimum atomic E-state index is -0.298. The molecule has 158 valence electrons. The van der Waals surface area contributed by atoms with Crippen LogP contribution in [0.25, 0.3) is 5.69 Å². The maximum atomic E-state index is 11.9. The van der Waals surface area contributed by atoms with E-state index < -0.39 is 0 Å². The van der Waals surface area contributed by atoms with Crippen LogP contribution in [0, 0.1) is 6.92 Å². The van der Waals surface area contributed by atoms with Crippen molar-refractivity contribution in [3.05, 3.63) is 76.1 Å². The number of aliphatic imine (C=N–C) groups is 1. The number of hydrogen-bond acceptors (Lipinski definition) is 5. The molecule has 1 aliphatic carbocycles. The number of rotatable bonds is 5. The molecule has 0 bridgehead atoms. The van der Waals surface area contributed by atoms with Crippen molar-refractivity contribution in [3.8, 4) is 5.69 Å². The molecular weight excluding hydrogens is 412 g/mol. The third kappa shape index (κ3) is 3.65. The number of halogens is 1. The van der Waals surface area contributed by atoms with Crippen molar-refractivity contribution in [2.45, 2.75) is 44.6 Å². The molecule has 2 aromatic heterocycles. The number of esters is 1. The quantitative estimate of drug-likeness (QED) is 0.532. The smallest absolute Gasteiger partial charge is 0.305 e. The highest BCUT2D eigenvalue weighted by atomic mass is 35.5. The molecule has 0 radical (unpaired) electrons. The molecule has 1 aromatic carbocycles. The summed E-state index contributed by atoms with van der Waals surface area (Å²) in [7, 11) is 1.41. The standard InChI is InChI=1S/C24H23ClN4O2/c1-14-23(15-6-7-15)29-20-10-8-16(25)13-17(20)22(18-5-3-4-12-26-18)28-19(24(29)27-14)9-11-21(30)31-2/h3-5,8,10,12-13,15,19H,6-7,9,11H2,1-2H3. The van der Waals surface area contributed by atoms with E-state index in [4.69, 9.17) is 26.3 Å². The van der Waals surface area contributed by atoms with Gasteiger partial charge in [0.1, 0.15) is 11.9 Å². The van der Waals surface area contributed by atoms with Crippen LogP contribution in [0.3, 0.4) is 0 Å². The van der Waals surface area contributed by atoms with Crippen LogP contribution < -0.4 is 0 Å². The number of ether oxygens (including phenoxy) is 1. The van der Waals surface area contributed by atoms with Gasteiger partial charge in [0.05, 0.1) is 29.9 Å². The normalized spacial score (nSPS) is 17.4. The molecule has 31 heavy (non-hydrogen) atoms. The van der Waals surface area contributed by atoms with Crippen LogP contribution in [-0.2, 0) is 9.53 Å². The van der Waals surface area contributed by atoms with Crippen molar-refractivity contribution in [2.24, 2.45) is 4.99 Å². The molecule has 3 aromatic rings. The summed E-state index contributed by atoms with van der Waals surface area (Å²) in [5.74, 6) is 1.11. The van der Waals surface area contributed by atoms with Gasteiger partial charge in [-0.3, -0.25) is 19.3 Å². The highest BCUT2D eigenvalue weighted by Gasteiger charge is 2.36. The molecule has 1 atom stereocenters. The molecule has 1 unspecified atom stereocenters. The highest BCUT2D eigenvalue weighted by molar-refractivity contribution is 6.31. The number of carbonyl (C=O) groups excluding carboxylic acids is 1. The predicted molar refractivity (Wildman–Crippen MR) is 119 cm³/mol. The molecule has 0 saturated heterocycles. The lowest BCUT2D eigenvalue weighted by atomic mass is 10.0. The van der Waals surface area contributed by atoms with Crippen LogP contribution in [0.4, 0.5) is 0 Å². The first kappa shape index (κ1) is 19.9. The van der Waals surface area contributed by atoms with Gasteiger partial charge in [0.2, 0.25) is 0 Å². The summed E-state index contributed by atoms with van der Waals surface area (Å²) in [6, 6.07) is 11.4. The first-order valence-electron chi connectivity index (χ1n) is 10.5. The number of hydrogen-bond donors (Lipinski definition) is 0. The Morgan fingerprint density at radius 3 is 2.81 bits per heavy atom. The van der Waals surface area contributed by atoms with Gasteiger partial charge in [-0.1, -0.05) is 17.7 Å².